The van der Waals surface area contributed by atoms with Gasteiger partial charge in [-0.25, -0.2) is 4.39 Å². The van der Waals surface area contributed by atoms with Crippen LogP contribution in [0.25, 0.3) is 6.08 Å². The number of rotatable bonds is 2. The number of piperidine rings is 1. The van der Waals surface area contributed by atoms with E-state index in [1.54, 1.807) is 18.2 Å². The van der Waals surface area contributed by atoms with Crippen LogP contribution in [0.3, 0.4) is 0 Å². The molecular weight excluding hydrogens is 287 g/mol. The van der Waals surface area contributed by atoms with Crippen molar-refractivity contribution in [1.29, 1.82) is 0 Å². The number of hydrogen-bond acceptors (Lipinski definition) is 2. The number of halogens is 1. The van der Waals surface area contributed by atoms with Crippen LogP contribution in [0.2, 0.25) is 0 Å². The average molecular weight is 306 g/mol. The molecular formula is C16H19FN2OS. The molecule has 1 saturated heterocycles. The SMILES string of the molecule is CC1CCN(C(=S)NC(=O)C=Cc2ccc(F)cc2)CC1. The fourth-order valence-corrected chi connectivity index (χ4v) is 2.47. The number of benzene rings is 1. The van der Waals surface area contributed by atoms with Gasteiger partial charge in [0.2, 0.25) is 5.91 Å². The Labute approximate surface area is 129 Å². The zero-order valence-electron chi connectivity index (χ0n) is 12.0. The second-order valence-corrected chi connectivity index (χ2v) is 5.74. The van der Waals surface area contributed by atoms with Gasteiger partial charge in [0, 0.05) is 19.2 Å². The molecule has 0 unspecified atom stereocenters. The molecule has 1 aliphatic heterocycles. The van der Waals surface area contributed by atoms with Crippen molar-refractivity contribution in [2.24, 2.45) is 5.92 Å². The largest absolute Gasteiger partial charge is 0.349 e. The van der Waals surface area contributed by atoms with Gasteiger partial charge in [-0.1, -0.05) is 19.1 Å². The lowest BCUT2D eigenvalue weighted by atomic mass is 10.00. The van der Waals surface area contributed by atoms with Crippen molar-refractivity contribution < 1.29 is 9.18 Å². The molecule has 1 fully saturated rings. The summed E-state index contributed by atoms with van der Waals surface area (Å²) >= 11 is 5.25. The summed E-state index contributed by atoms with van der Waals surface area (Å²) in [5.74, 6) is 0.165. The van der Waals surface area contributed by atoms with Crippen molar-refractivity contribution >= 4 is 29.3 Å². The van der Waals surface area contributed by atoms with Crippen LogP contribution in [-0.4, -0.2) is 29.0 Å². The maximum Gasteiger partial charge on any atom is 0.250 e. The molecule has 0 aliphatic carbocycles. The molecule has 1 aliphatic rings. The fourth-order valence-electron chi connectivity index (χ4n) is 2.18. The first-order valence-corrected chi connectivity index (χ1v) is 7.49. The third-order valence-electron chi connectivity index (χ3n) is 3.60. The third-order valence-corrected chi connectivity index (χ3v) is 3.96. The van der Waals surface area contributed by atoms with E-state index in [4.69, 9.17) is 12.2 Å². The number of carbonyl (C=O) groups excluding carboxylic acids is 1. The minimum atomic E-state index is -0.294. The van der Waals surface area contributed by atoms with E-state index >= 15 is 0 Å². The van der Waals surface area contributed by atoms with Gasteiger partial charge in [0.1, 0.15) is 5.82 Å². The Balaban J connectivity index is 1.83. The topological polar surface area (TPSA) is 32.3 Å². The molecule has 3 nitrogen and oxygen atoms in total. The van der Waals surface area contributed by atoms with Crippen molar-refractivity contribution in [3.8, 4) is 0 Å². The second kappa shape index (κ2) is 7.31. The summed E-state index contributed by atoms with van der Waals surface area (Å²) in [7, 11) is 0. The monoisotopic (exact) mass is 306 g/mol. The van der Waals surface area contributed by atoms with Crippen LogP contribution in [0, 0.1) is 11.7 Å². The van der Waals surface area contributed by atoms with Gasteiger partial charge in [0.05, 0.1) is 0 Å². The Kier molecular flexibility index (Phi) is 5.44. The zero-order valence-corrected chi connectivity index (χ0v) is 12.8. The molecule has 1 heterocycles. The van der Waals surface area contributed by atoms with Gasteiger partial charge in [-0.15, -0.1) is 0 Å². The number of nitrogens with zero attached hydrogens (tertiary/aromatic N) is 1. The summed E-state index contributed by atoms with van der Waals surface area (Å²) in [5.41, 5.74) is 0.768. The van der Waals surface area contributed by atoms with E-state index in [-0.39, 0.29) is 11.7 Å². The first-order chi connectivity index (χ1) is 10.0. The molecule has 0 saturated carbocycles. The number of thiocarbonyl (C=S) groups is 1. The lowest BCUT2D eigenvalue weighted by molar-refractivity contribution is -0.115. The Bertz CT molecular complexity index is 534. The zero-order chi connectivity index (χ0) is 15.2. The summed E-state index contributed by atoms with van der Waals surface area (Å²) < 4.78 is 12.8. The van der Waals surface area contributed by atoms with Gasteiger partial charge >= 0.3 is 0 Å². The summed E-state index contributed by atoms with van der Waals surface area (Å²) in [6, 6.07) is 5.95. The Hall–Kier alpha value is -1.75. The minimum absolute atomic E-state index is 0.261. The van der Waals surface area contributed by atoms with Crippen molar-refractivity contribution in [3.63, 3.8) is 0 Å². The lowest BCUT2D eigenvalue weighted by Gasteiger charge is -2.31. The number of hydrogen-bond donors (Lipinski definition) is 1. The molecule has 112 valence electrons. The van der Waals surface area contributed by atoms with Gasteiger partial charge in [-0.3, -0.25) is 10.1 Å². The number of nitrogens with one attached hydrogen (secondary N) is 1. The quantitative estimate of drug-likeness (QED) is 0.673. The third kappa shape index (κ3) is 4.93. The molecule has 21 heavy (non-hydrogen) atoms. The van der Waals surface area contributed by atoms with E-state index in [1.165, 1.54) is 18.2 Å². The highest BCUT2D eigenvalue weighted by Crippen LogP contribution is 2.15. The Morgan fingerprint density at radius 1 is 1.33 bits per heavy atom. The van der Waals surface area contributed by atoms with Crippen LogP contribution >= 0.6 is 12.2 Å². The van der Waals surface area contributed by atoms with Gasteiger partial charge in [-0.05, 0) is 54.7 Å². The maximum absolute atomic E-state index is 12.8. The number of amides is 1. The molecule has 0 radical (unpaired) electrons. The van der Waals surface area contributed by atoms with E-state index in [2.05, 4.69) is 12.2 Å². The summed E-state index contributed by atoms with van der Waals surface area (Å²) in [4.78, 5) is 13.8. The lowest BCUT2D eigenvalue weighted by Crippen LogP contribution is -2.45. The molecule has 0 aromatic heterocycles. The molecule has 2 rings (SSSR count). The van der Waals surface area contributed by atoms with Gasteiger partial charge < -0.3 is 4.90 Å². The van der Waals surface area contributed by atoms with Crippen molar-refractivity contribution in [3.05, 3.63) is 41.7 Å². The Morgan fingerprint density at radius 3 is 2.57 bits per heavy atom. The molecule has 1 N–H and O–H groups in total. The van der Waals surface area contributed by atoms with Crippen LogP contribution < -0.4 is 5.32 Å². The van der Waals surface area contributed by atoms with E-state index in [0.29, 0.717) is 5.11 Å². The summed E-state index contributed by atoms with van der Waals surface area (Å²) in [6.45, 7) is 4.01. The van der Waals surface area contributed by atoms with E-state index in [1.807, 2.05) is 4.90 Å². The number of carbonyl (C=O) groups is 1. The van der Waals surface area contributed by atoms with E-state index in [9.17, 15) is 9.18 Å². The highest BCUT2D eigenvalue weighted by molar-refractivity contribution is 7.80. The minimum Gasteiger partial charge on any atom is -0.349 e. The first kappa shape index (κ1) is 15.6. The Morgan fingerprint density at radius 2 is 1.95 bits per heavy atom. The first-order valence-electron chi connectivity index (χ1n) is 7.08. The normalized spacial score (nSPS) is 16.2. The van der Waals surface area contributed by atoms with Crippen LogP contribution in [-0.2, 0) is 4.79 Å². The highest BCUT2D eigenvalue weighted by atomic mass is 32.1. The maximum atomic E-state index is 12.8. The molecule has 0 atom stereocenters. The standard InChI is InChI=1S/C16H19FN2OS/c1-12-8-10-19(11-9-12)16(21)18-15(20)7-4-13-2-5-14(17)6-3-13/h2-7,12H,8-11H2,1H3,(H,18,20,21). The molecule has 1 amide bonds. The van der Waals surface area contributed by atoms with Crippen LogP contribution in [0.5, 0.6) is 0 Å². The predicted molar refractivity (Wildman–Crippen MR) is 86.1 cm³/mol. The van der Waals surface area contributed by atoms with Gasteiger partial charge in [-0.2, -0.15) is 0 Å². The van der Waals surface area contributed by atoms with Crippen LogP contribution in [0.1, 0.15) is 25.3 Å². The molecule has 0 bridgehead atoms. The highest BCUT2D eigenvalue weighted by Gasteiger charge is 2.18. The van der Waals surface area contributed by atoms with Gasteiger partial charge in [0.15, 0.2) is 5.11 Å². The van der Waals surface area contributed by atoms with Crippen LogP contribution in [0.15, 0.2) is 30.3 Å². The van der Waals surface area contributed by atoms with Gasteiger partial charge in [0.25, 0.3) is 0 Å². The van der Waals surface area contributed by atoms with Crippen molar-refractivity contribution in [1.82, 2.24) is 10.2 Å². The van der Waals surface area contributed by atoms with Crippen molar-refractivity contribution in [2.45, 2.75) is 19.8 Å². The van der Waals surface area contributed by atoms with E-state index < -0.39 is 0 Å². The fraction of sp³-hybridized carbons (Fsp3) is 0.375. The summed E-state index contributed by atoms with van der Waals surface area (Å²) in [6.07, 6.45) is 5.24. The summed E-state index contributed by atoms with van der Waals surface area (Å²) in [5, 5.41) is 3.19. The number of likely N-dealkylation sites (tertiary alicyclic amines) is 1. The smallest absolute Gasteiger partial charge is 0.250 e. The molecule has 1 aromatic rings. The van der Waals surface area contributed by atoms with E-state index in [0.717, 1.165) is 37.4 Å². The molecule has 5 heteroatoms. The predicted octanol–water partition coefficient (Wildman–Crippen LogP) is 2.97. The molecule has 1 aromatic carbocycles. The second-order valence-electron chi connectivity index (χ2n) is 5.35. The average Bonchev–Trinajstić information content (AvgIpc) is 2.47. The van der Waals surface area contributed by atoms with Crippen molar-refractivity contribution in [2.75, 3.05) is 13.1 Å². The molecule has 0 spiro atoms. The van der Waals surface area contributed by atoms with Crippen LogP contribution in [0.4, 0.5) is 4.39 Å².